The van der Waals surface area contributed by atoms with Crippen LogP contribution in [0.2, 0.25) is 0 Å². The highest BCUT2D eigenvalue weighted by Crippen LogP contribution is 2.34. The minimum absolute atomic E-state index is 0. The molecule has 1 unspecified atom stereocenters. The highest BCUT2D eigenvalue weighted by atomic mass is 35.5. The van der Waals surface area contributed by atoms with Gasteiger partial charge in [0.1, 0.15) is 5.01 Å². The number of nitrogens with zero attached hydrogens (tertiary/aromatic N) is 2. The molecular formula is C17H23ClN4OS2. The number of halogens is 1. The molecule has 1 fully saturated rings. The van der Waals surface area contributed by atoms with Gasteiger partial charge in [-0.2, -0.15) is 11.8 Å². The lowest BCUT2D eigenvalue weighted by atomic mass is 9.85. The number of aromatic nitrogens is 2. The Hall–Kier alpha value is -1.15. The van der Waals surface area contributed by atoms with Gasteiger partial charge in [-0.25, -0.2) is 0 Å². The van der Waals surface area contributed by atoms with Crippen molar-refractivity contribution in [3.05, 3.63) is 40.9 Å². The monoisotopic (exact) mass is 398 g/mol. The van der Waals surface area contributed by atoms with Gasteiger partial charge in [0.2, 0.25) is 11.0 Å². The lowest BCUT2D eigenvalue weighted by molar-refractivity contribution is -0.116. The third-order valence-electron chi connectivity index (χ3n) is 4.13. The molecule has 25 heavy (non-hydrogen) atoms. The van der Waals surface area contributed by atoms with E-state index in [-0.39, 0.29) is 29.8 Å². The van der Waals surface area contributed by atoms with Crippen LogP contribution in [0.15, 0.2) is 30.3 Å². The molecule has 1 amide bonds. The number of carbonyl (C=O) groups excluding carboxylic acids is 1. The Morgan fingerprint density at radius 1 is 1.32 bits per heavy atom. The van der Waals surface area contributed by atoms with E-state index in [2.05, 4.69) is 46.8 Å². The third-order valence-corrected chi connectivity index (χ3v) is 6.42. The highest BCUT2D eigenvalue weighted by molar-refractivity contribution is 7.99. The van der Waals surface area contributed by atoms with Gasteiger partial charge in [-0.15, -0.1) is 22.6 Å². The minimum atomic E-state index is -0.233. The summed E-state index contributed by atoms with van der Waals surface area (Å²) in [6.45, 7) is 5.21. The Morgan fingerprint density at radius 2 is 2.08 bits per heavy atom. The van der Waals surface area contributed by atoms with Gasteiger partial charge in [0.05, 0.1) is 0 Å². The SMILES string of the molecule is CC(C)(c1ccccc1)c1nnc(NC(=O)CC2CSCCN2)s1.Cl. The molecule has 1 aromatic heterocycles. The summed E-state index contributed by atoms with van der Waals surface area (Å²) < 4.78 is 0. The summed E-state index contributed by atoms with van der Waals surface area (Å²) in [4.78, 5) is 12.2. The van der Waals surface area contributed by atoms with Crippen molar-refractivity contribution < 1.29 is 4.79 Å². The maximum atomic E-state index is 12.2. The smallest absolute Gasteiger partial charge is 0.227 e. The van der Waals surface area contributed by atoms with E-state index in [4.69, 9.17) is 0 Å². The number of rotatable bonds is 5. The van der Waals surface area contributed by atoms with E-state index < -0.39 is 0 Å². The normalized spacial score (nSPS) is 17.6. The van der Waals surface area contributed by atoms with Crippen LogP contribution in [0.25, 0.3) is 0 Å². The lowest BCUT2D eigenvalue weighted by Crippen LogP contribution is -2.39. The van der Waals surface area contributed by atoms with Crippen LogP contribution in [0.3, 0.4) is 0 Å². The molecule has 3 rings (SSSR count). The standard InChI is InChI=1S/C17H22N4OS2.ClH/c1-17(2,12-6-4-3-5-7-12)15-20-21-16(24-15)19-14(22)10-13-11-23-9-8-18-13;/h3-7,13,18H,8-11H2,1-2H3,(H,19,21,22);1H. The molecule has 2 aromatic rings. The fourth-order valence-electron chi connectivity index (χ4n) is 2.65. The van der Waals surface area contributed by atoms with Crippen molar-refractivity contribution in [1.82, 2.24) is 15.5 Å². The molecule has 8 heteroatoms. The van der Waals surface area contributed by atoms with Crippen LogP contribution in [0.4, 0.5) is 5.13 Å². The summed E-state index contributed by atoms with van der Waals surface area (Å²) in [7, 11) is 0. The summed E-state index contributed by atoms with van der Waals surface area (Å²) in [5.74, 6) is 2.10. The van der Waals surface area contributed by atoms with Gasteiger partial charge in [0.25, 0.3) is 0 Å². The van der Waals surface area contributed by atoms with Gasteiger partial charge in [-0.3, -0.25) is 4.79 Å². The molecular weight excluding hydrogens is 376 g/mol. The minimum Gasteiger partial charge on any atom is -0.312 e. The molecule has 1 aliphatic rings. The molecule has 0 radical (unpaired) electrons. The predicted octanol–water partition coefficient (Wildman–Crippen LogP) is 3.32. The van der Waals surface area contributed by atoms with E-state index in [0.717, 1.165) is 23.1 Å². The number of benzene rings is 1. The van der Waals surface area contributed by atoms with Crippen LogP contribution in [-0.4, -0.2) is 40.2 Å². The molecule has 1 atom stereocenters. The summed E-state index contributed by atoms with van der Waals surface area (Å²) >= 11 is 3.33. The molecule has 0 spiro atoms. The number of amides is 1. The largest absolute Gasteiger partial charge is 0.312 e. The topological polar surface area (TPSA) is 66.9 Å². The van der Waals surface area contributed by atoms with E-state index in [0.29, 0.717) is 11.6 Å². The molecule has 5 nitrogen and oxygen atoms in total. The molecule has 2 N–H and O–H groups in total. The zero-order chi connectivity index (χ0) is 17.0. The van der Waals surface area contributed by atoms with Crippen molar-refractivity contribution in [3.8, 4) is 0 Å². The van der Waals surface area contributed by atoms with E-state index in [1.54, 1.807) is 0 Å². The van der Waals surface area contributed by atoms with Crippen molar-refractivity contribution in [3.63, 3.8) is 0 Å². The summed E-state index contributed by atoms with van der Waals surface area (Å²) in [5.41, 5.74) is 0.950. The van der Waals surface area contributed by atoms with Gasteiger partial charge in [-0.1, -0.05) is 41.7 Å². The van der Waals surface area contributed by atoms with E-state index in [9.17, 15) is 4.79 Å². The van der Waals surface area contributed by atoms with Crippen LogP contribution in [-0.2, 0) is 10.2 Å². The maximum absolute atomic E-state index is 12.2. The molecule has 1 aromatic carbocycles. The summed E-state index contributed by atoms with van der Waals surface area (Å²) in [6.07, 6.45) is 0.476. The zero-order valence-corrected chi connectivity index (χ0v) is 16.8. The number of thioether (sulfide) groups is 1. The third kappa shape index (κ3) is 5.17. The number of hydrogen-bond acceptors (Lipinski definition) is 6. The Balaban J connectivity index is 0.00000225. The summed E-state index contributed by atoms with van der Waals surface area (Å²) in [5, 5.41) is 16.2. The average molecular weight is 399 g/mol. The van der Waals surface area contributed by atoms with Crippen LogP contribution in [0, 0.1) is 0 Å². The second kappa shape index (κ2) is 8.98. The first kappa shape index (κ1) is 20.2. The Kier molecular flexibility index (Phi) is 7.25. The predicted molar refractivity (Wildman–Crippen MR) is 108 cm³/mol. The molecule has 1 aliphatic heterocycles. The number of hydrogen-bond donors (Lipinski definition) is 2. The number of nitrogens with one attached hydrogen (secondary N) is 2. The molecule has 0 aliphatic carbocycles. The molecule has 0 bridgehead atoms. The second-order valence-corrected chi connectivity index (χ2v) is 8.51. The highest BCUT2D eigenvalue weighted by Gasteiger charge is 2.28. The van der Waals surface area contributed by atoms with Crippen molar-refractivity contribution >= 4 is 46.5 Å². The van der Waals surface area contributed by atoms with Gasteiger partial charge in [0.15, 0.2) is 0 Å². The lowest BCUT2D eigenvalue weighted by Gasteiger charge is -2.22. The van der Waals surface area contributed by atoms with Crippen molar-refractivity contribution in [2.75, 3.05) is 23.4 Å². The van der Waals surface area contributed by atoms with Crippen LogP contribution in [0.1, 0.15) is 30.8 Å². The quantitative estimate of drug-likeness (QED) is 0.808. The fourth-order valence-corrected chi connectivity index (χ4v) is 4.48. The van der Waals surface area contributed by atoms with Crippen molar-refractivity contribution in [2.45, 2.75) is 31.7 Å². The van der Waals surface area contributed by atoms with Crippen LogP contribution < -0.4 is 10.6 Å². The van der Waals surface area contributed by atoms with Gasteiger partial charge < -0.3 is 10.6 Å². The van der Waals surface area contributed by atoms with E-state index >= 15 is 0 Å². The van der Waals surface area contributed by atoms with Crippen molar-refractivity contribution in [1.29, 1.82) is 0 Å². The van der Waals surface area contributed by atoms with Gasteiger partial charge in [-0.05, 0) is 19.4 Å². The first-order chi connectivity index (χ1) is 11.6. The van der Waals surface area contributed by atoms with Crippen LogP contribution in [0.5, 0.6) is 0 Å². The van der Waals surface area contributed by atoms with Crippen molar-refractivity contribution in [2.24, 2.45) is 0 Å². The average Bonchev–Trinajstić information content (AvgIpc) is 3.05. The van der Waals surface area contributed by atoms with E-state index in [1.165, 1.54) is 16.9 Å². The Labute approximate surface area is 162 Å². The maximum Gasteiger partial charge on any atom is 0.227 e. The second-order valence-electron chi connectivity index (χ2n) is 6.38. The summed E-state index contributed by atoms with van der Waals surface area (Å²) in [6, 6.07) is 10.5. The number of carbonyl (C=O) groups is 1. The molecule has 136 valence electrons. The first-order valence-corrected chi connectivity index (χ1v) is 10.0. The fraction of sp³-hybridized carbons (Fsp3) is 0.471. The van der Waals surface area contributed by atoms with Gasteiger partial charge in [0, 0.05) is 35.9 Å². The van der Waals surface area contributed by atoms with E-state index in [1.807, 2.05) is 30.0 Å². The molecule has 1 saturated heterocycles. The Morgan fingerprint density at radius 3 is 2.76 bits per heavy atom. The van der Waals surface area contributed by atoms with Crippen LogP contribution >= 0.6 is 35.5 Å². The first-order valence-electron chi connectivity index (χ1n) is 8.06. The molecule has 2 heterocycles. The van der Waals surface area contributed by atoms with Gasteiger partial charge >= 0.3 is 0 Å². The molecule has 0 saturated carbocycles. The zero-order valence-electron chi connectivity index (χ0n) is 14.3. The Bertz CT molecular complexity index is 687. The number of anilines is 1.